The Hall–Kier alpha value is -4.38. The molecule has 4 aromatic rings. The minimum atomic E-state index is -0.0700. The van der Waals surface area contributed by atoms with Gasteiger partial charge in [0.05, 0.1) is 10.6 Å². The molecule has 0 bridgehead atoms. The normalized spacial score (nSPS) is 13.2. The topological polar surface area (TPSA) is 87.5 Å². The fourth-order valence-corrected chi connectivity index (χ4v) is 6.05. The lowest BCUT2D eigenvalue weighted by atomic mass is 9.91. The predicted octanol–water partition coefficient (Wildman–Crippen LogP) is 7.78. The number of nitrogens with zero attached hydrogens (tertiary/aromatic N) is 3. The van der Waals surface area contributed by atoms with Crippen LogP contribution in [0.25, 0.3) is 11.1 Å². The Morgan fingerprint density at radius 1 is 0.933 bits per heavy atom. The quantitative estimate of drug-likeness (QED) is 0.184. The number of aromatic nitrogens is 1. The number of carbonyl (C=O) groups is 1. The summed E-state index contributed by atoms with van der Waals surface area (Å²) in [4.78, 5) is 19.2. The first kappa shape index (κ1) is 32.0. The van der Waals surface area contributed by atoms with Gasteiger partial charge in [-0.25, -0.2) is 0 Å². The van der Waals surface area contributed by atoms with Crippen LogP contribution in [0.2, 0.25) is 5.02 Å². The Balaban J connectivity index is 1.39. The van der Waals surface area contributed by atoms with Crippen LogP contribution in [0.3, 0.4) is 0 Å². The zero-order valence-electron chi connectivity index (χ0n) is 26.2. The second-order valence-corrected chi connectivity index (χ2v) is 11.8. The van der Waals surface area contributed by atoms with Gasteiger partial charge in [0.2, 0.25) is 0 Å². The lowest BCUT2D eigenvalue weighted by Gasteiger charge is -2.27. The Labute approximate surface area is 270 Å². The van der Waals surface area contributed by atoms with E-state index in [4.69, 9.17) is 21.1 Å². The minimum Gasteiger partial charge on any atom is -0.488 e. The molecule has 45 heavy (non-hydrogen) atoms. The van der Waals surface area contributed by atoms with E-state index >= 15 is 0 Å². The zero-order chi connectivity index (χ0) is 31.8. The molecule has 1 aromatic heterocycles. The van der Waals surface area contributed by atoms with Gasteiger partial charge in [0.1, 0.15) is 30.8 Å². The van der Waals surface area contributed by atoms with Crippen molar-refractivity contribution in [2.24, 2.45) is 0 Å². The molecule has 1 aliphatic heterocycles. The van der Waals surface area contributed by atoms with E-state index in [0.29, 0.717) is 40.8 Å². The molecule has 232 valence electrons. The number of nitrogens with one attached hydrogen (secondary N) is 1. The van der Waals surface area contributed by atoms with E-state index in [1.54, 1.807) is 12.3 Å². The van der Waals surface area contributed by atoms with E-state index in [9.17, 15) is 10.1 Å². The van der Waals surface area contributed by atoms with Gasteiger partial charge in [0.25, 0.3) is 5.91 Å². The molecule has 2 heterocycles. The number of rotatable bonds is 11. The first-order valence-electron chi connectivity index (χ1n) is 15.5. The summed E-state index contributed by atoms with van der Waals surface area (Å²) in [6.07, 6.45) is 6.88. The SMILES string of the molecule is CCNC(=O)c1cccc(-c2cccc(COc3cc(OCc4cncc(C#N)c4)c(CN4CCCCC4)cc3Cl)c2C)c1C. The van der Waals surface area contributed by atoms with Crippen molar-refractivity contribution in [3.63, 3.8) is 0 Å². The van der Waals surface area contributed by atoms with Gasteiger partial charge in [0.15, 0.2) is 0 Å². The van der Waals surface area contributed by atoms with Crippen LogP contribution in [0.5, 0.6) is 11.5 Å². The summed E-state index contributed by atoms with van der Waals surface area (Å²) in [6.45, 7) is 9.97. The number of hydrogen-bond acceptors (Lipinski definition) is 6. The molecule has 1 saturated heterocycles. The van der Waals surface area contributed by atoms with Crippen LogP contribution < -0.4 is 14.8 Å². The summed E-state index contributed by atoms with van der Waals surface area (Å²) in [5, 5.41) is 12.7. The maximum absolute atomic E-state index is 12.6. The van der Waals surface area contributed by atoms with E-state index in [0.717, 1.165) is 58.6 Å². The summed E-state index contributed by atoms with van der Waals surface area (Å²) in [7, 11) is 0. The van der Waals surface area contributed by atoms with Crippen molar-refractivity contribution >= 4 is 17.5 Å². The van der Waals surface area contributed by atoms with Gasteiger partial charge in [-0.1, -0.05) is 48.4 Å². The number of piperidine rings is 1. The smallest absolute Gasteiger partial charge is 0.251 e. The Kier molecular flexibility index (Phi) is 10.7. The van der Waals surface area contributed by atoms with Crippen molar-refractivity contribution in [2.75, 3.05) is 19.6 Å². The first-order valence-corrected chi connectivity index (χ1v) is 15.9. The van der Waals surface area contributed by atoms with Crippen LogP contribution >= 0.6 is 11.6 Å². The number of halogens is 1. The van der Waals surface area contributed by atoms with Gasteiger partial charge in [0, 0.05) is 48.2 Å². The van der Waals surface area contributed by atoms with Gasteiger partial charge in [-0.15, -0.1) is 0 Å². The maximum atomic E-state index is 12.6. The van der Waals surface area contributed by atoms with Crippen LogP contribution in [0.4, 0.5) is 0 Å². The van der Waals surface area contributed by atoms with E-state index in [-0.39, 0.29) is 12.5 Å². The number of nitriles is 1. The number of benzene rings is 3. The van der Waals surface area contributed by atoms with Gasteiger partial charge < -0.3 is 14.8 Å². The highest BCUT2D eigenvalue weighted by molar-refractivity contribution is 6.32. The lowest BCUT2D eigenvalue weighted by molar-refractivity contribution is 0.0955. The molecular weight excluding hydrogens is 584 g/mol. The highest BCUT2D eigenvalue weighted by Gasteiger charge is 2.18. The highest BCUT2D eigenvalue weighted by atomic mass is 35.5. The number of carbonyl (C=O) groups excluding carboxylic acids is 1. The van der Waals surface area contributed by atoms with Crippen LogP contribution in [-0.2, 0) is 19.8 Å². The zero-order valence-corrected chi connectivity index (χ0v) is 26.9. The summed E-state index contributed by atoms with van der Waals surface area (Å²) in [5.41, 5.74) is 8.09. The van der Waals surface area contributed by atoms with Gasteiger partial charge >= 0.3 is 0 Å². The third kappa shape index (κ3) is 7.83. The molecule has 0 saturated carbocycles. The number of amides is 1. The van der Waals surface area contributed by atoms with E-state index < -0.39 is 0 Å². The fraction of sp³-hybridized carbons (Fsp3) is 0.324. The molecule has 8 heteroatoms. The average Bonchev–Trinajstić information content (AvgIpc) is 3.05. The molecule has 7 nitrogen and oxygen atoms in total. The molecule has 0 aliphatic carbocycles. The molecule has 1 N–H and O–H groups in total. The predicted molar refractivity (Wildman–Crippen MR) is 178 cm³/mol. The molecule has 3 aromatic carbocycles. The molecule has 0 radical (unpaired) electrons. The second kappa shape index (κ2) is 15.1. The van der Waals surface area contributed by atoms with Crippen LogP contribution in [-0.4, -0.2) is 35.4 Å². The molecule has 1 fully saturated rings. The molecule has 5 rings (SSSR count). The van der Waals surface area contributed by atoms with Crippen LogP contribution in [0.15, 0.2) is 67.0 Å². The van der Waals surface area contributed by atoms with Gasteiger partial charge in [-0.3, -0.25) is 14.7 Å². The molecule has 0 unspecified atom stereocenters. The average molecular weight is 623 g/mol. The van der Waals surface area contributed by atoms with Gasteiger partial charge in [-0.2, -0.15) is 5.26 Å². The lowest BCUT2D eigenvalue weighted by Crippen LogP contribution is -2.29. The Bertz CT molecular complexity index is 1710. The number of pyridine rings is 1. The summed E-state index contributed by atoms with van der Waals surface area (Å²) >= 11 is 6.82. The number of hydrogen-bond donors (Lipinski definition) is 1. The van der Waals surface area contributed by atoms with Crippen molar-refractivity contribution in [3.05, 3.63) is 111 Å². The van der Waals surface area contributed by atoms with Crippen molar-refractivity contribution in [1.29, 1.82) is 5.26 Å². The summed E-state index contributed by atoms with van der Waals surface area (Å²) in [6, 6.07) is 19.7. The monoisotopic (exact) mass is 622 g/mol. The van der Waals surface area contributed by atoms with Crippen LogP contribution in [0, 0.1) is 25.2 Å². The Morgan fingerprint density at radius 3 is 2.42 bits per heavy atom. The Morgan fingerprint density at radius 2 is 1.67 bits per heavy atom. The van der Waals surface area contributed by atoms with Crippen molar-refractivity contribution in [3.8, 4) is 28.7 Å². The third-order valence-electron chi connectivity index (χ3n) is 8.31. The van der Waals surface area contributed by atoms with Crippen molar-refractivity contribution in [2.45, 2.75) is 59.8 Å². The molecule has 1 aliphatic rings. The van der Waals surface area contributed by atoms with E-state index in [1.165, 1.54) is 25.5 Å². The maximum Gasteiger partial charge on any atom is 0.251 e. The van der Waals surface area contributed by atoms with Crippen LogP contribution in [0.1, 0.15) is 69.9 Å². The van der Waals surface area contributed by atoms with Gasteiger partial charge in [-0.05, 0) is 92.7 Å². The van der Waals surface area contributed by atoms with E-state index in [1.807, 2.05) is 50.2 Å². The third-order valence-corrected chi connectivity index (χ3v) is 8.61. The van der Waals surface area contributed by atoms with Crippen molar-refractivity contribution in [1.82, 2.24) is 15.2 Å². The van der Waals surface area contributed by atoms with Crippen molar-refractivity contribution < 1.29 is 14.3 Å². The standard InChI is InChI=1S/C37H39ClN4O3/c1-4-41-37(43)33-13-9-12-32(26(33)3)31-11-8-10-29(25(31)2)24-45-36-18-35(44-23-28-16-27(19-39)20-40-21-28)30(17-34(36)38)22-42-14-6-5-7-15-42/h8-13,16-18,20-21H,4-7,14-15,22-24H2,1-3H3,(H,41,43). The minimum absolute atomic E-state index is 0.0700. The largest absolute Gasteiger partial charge is 0.488 e. The first-order chi connectivity index (χ1) is 21.9. The molecule has 0 atom stereocenters. The molecule has 0 spiro atoms. The van der Waals surface area contributed by atoms with E-state index in [2.05, 4.69) is 40.3 Å². The number of likely N-dealkylation sites (tertiary alicyclic amines) is 1. The summed E-state index contributed by atoms with van der Waals surface area (Å²) in [5.74, 6) is 1.17. The second-order valence-electron chi connectivity index (χ2n) is 11.4. The summed E-state index contributed by atoms with van der Waals surface area (Å²) < 4.78 is 12.7. The molecule has 1 amide bonds. The highest BCUT2D eigenvalue weighted by Crippen LogP contribution is 2.36. The number of ether oxygens (including phenoxy) is 2. The molecular formula is C37H39ClN4O3. The fourth-order valence-electron chi connectivity index (χ4n) is 5.81.